The summed E-state index contributed by atoms with van der Waals surface area (Å²) in [4.78, 5) is 12.9. The fraction of sp³-hybridized carbons (Fsp3) is 0.417. The van der Waals surface area contributed by atoms with Crippen LogP contribution in [0.15, 0.2) is 18.2 Å². The summed E-state index contributed by atoms with van der Waals surface area (Å²) in [7, 11) is 0. The van der Waals surface area contributed by atoms with Gasteiger partial charge in [0.1, 0.15) is 5.75 Å². The molecule has 16 heavy (non-hydrogen) atoms. The van der Waals surface area contributed by atoms with Gasteiger partial charge < -0.3 is 10.8 Å². The normalized spacial score (nSPS) is 16.5. The highest BCUT2D eigenvalue weighted by Gasteiger charge is 2.15. The number of phenols is 1. The fourth-order valence-electron chi connectivity index (χ4n) is 2.14. The number of hydrogen-bond donors (Lipinski definition) is 2. The van der Waals surface area contributed by atoms with E-state index in [0.717, 1.165) is 25.9 Å². The second-order valence-electron chi connectivity index (χ2n) is 4.20. The van der Waals surface area contributed by atoms with E-state index in [4.69, 9.17) is 5.73 Å². The number of nitrogens with zero attached hydrogens (tertiary/aromatic N) is 1. The first-order chi connectivity index (χ1) is 7.65. The van der Waals surface area contributed by atoms with Gasteiger partial charge in [0.25, 0.3) is 0 Å². The minimum atomic E-state index is -0.284. The molecule has 0 saturated heterocycles. The molecule has 0 radical (unpaired) electrons. The molecule has 0 unspecified atom stereocenters. The maximum atomic E-state index is 10.8. The van der Waals surface area contributed by atoms with Gasteiger partial charge in [-0.2, -0.15) is 0 Å². The highest BCUT2D eigenvalue weighted by atomic mass is 16.3. The van der Waals surface area contributed by atoms with Crippen LogP contribution in [0.5, 0.6) is 5.75 Å². The molecule has 1 amide bonds. The van der Waals surface area contributed by atoms with Crippen LogP contribution < -0.4 is 5.73 Å². The van der Waals surface area contributed by atoms with E-state index in [1.54, 1.807) is 6.07 Å². The predicted octanol–water partition coefficient (Wildman–Crippen LogP) is 0.278. The predicted molar refractivity (Wildman–Crippen MR) is 61.1 cm³/mol. The Morgan fingerprint density at radius 2 is 2.00 bits per heavy atom. The number of carbonyl (C=O) groups excluding carboxylic acids is 1. The van der Waals surface area contributed by atoms with Crippen LogP contribution in [-0.2, 0) is 17.6 Å². The van der Waals surface area contributed by atoms with Crippen molar-refractivity contribution in [2.75, 3.05) is 19.6 Å². The molecular formula is C12H16N2O2. The Morgan fingerprint density at radius 3 is 2.69 bits per heavy atom. The summed E-state index contributed by atoms with van der Waals surface area (Å²) < 4.78 is 0. The zero-order valence-corrected chi connectivity index (χ0v) is 9.15. The number of aromatic hydroxyl groups is 1. The number of amides is 1. The van der Waals surface area contributed by atoms with Gasteiger partial charge in [0.05, 0.1) is 6.54 Å². The van der Waals surface area contributed by atoms with E-state index in [0.29, 0.717) is 12.3 Å². The topological polar surface area (TPSA) is 66.6 Å². The summed E-state index contributed by atoms with van der Waals surface area (Å²) in [6.45, 7) is 1.99. The lowest BCUT2D eigenvalue weighted by Crippen LogP contribution is -2.35. The summed E-state index contributed by atoms with van der Waals surface area (Å²) in [5.74, 6) is 0.0240. The highest BCUT2D eigenvalue weighted by molar-refractivity contribution is 5.75. The zero-order chi connectivity index (χ0) is 11.5. The Hall–Kier alpha value is -1.55. The summed E-state index contributed by atoms with van der Waals surface area (Å²) in [5, 5.41) is 9.40. The van der Waals surface area contributed by atoms with Crippen LogP contribution in [0.2, 0.25) is 0 Å². The number of carbonyl (C=O) groups is 1. The number of benzene rings is 1. The first-order valence-electron chi connectivity index (χ1n) is 5.46. The van der Waals surface area contributed by atoms with E-state index in [-0.39, 0.29) is 5.91 Å². The fourth-order valence-corrected chi connectivity index (χ4v) is 2.14. The van der Waals surface area contributed by atoms with Crippen molar-refractivity contribution in [1.29, 1.82) is 0 Å². The van der Waals surface area contributed by atoms with Gasteiger partial charge >= 0.3 is 0 Å². The Labute approximate surface area is 94.7 Å². The van der Waals surface area contributed by atoms with Crippen molar-refractivity contribution in [3.63, 3.8) is 0 Å². The first-order valence-corrected chi connectivity index (χ1v) is 5.46. The summed E-state index contributed by atoms with van der Waals surface area (Å²) in [5.41, 5.74) is 7.61. The second kappa shape index (κ2) is 4.53. The molecule has 0 spiro atoms. The number of primary amides is 1. The number of phenolic OH excluding ortho intramolecular Hbond substituents is 1. The quantitative estimate of drug-likeness (QED) is 0.752. The van der Waals surface area contributed by atoms with Crippen LogP contribution in [0.25, 0.3) is 0 Å². The molecule has 3 N–H and O–H groups in total. The van der Waals surface area contributed by atoms with Crippen LogP contribution in [-0.4, -0.2) is 35.5 Å². The third kappa shape index (κ3) is 2.52. The monoisotopic (exact) mass is 220 g/mol. The van der Waals surface area contributed by atoms with Gasteiger partial charge in [0.15, 0.2) is 0 Å². The molecule has 0 bridgehead atoms. The Morgan fingerprint density at radius 1 is 1.31 bits per heavy atom. The van der Waals surface area contributed by atoms with Crippen molar-refractivity contribution >= 4 is 5.91 Å². The lowest BCUT2D eigenvalue weighted by molar-refractivity contribution is -0.119. The molecule has 0 aliphatic carbocycles. The van der Waals surface area contributed by atoms with Crippen molar-refractivity contribution in [2.45, 2.75) is 12.8 Å². The summed E-state index contributed by atoms with van der Waals surface area (Å²) in [6, 6.07) is 5.48. The molecule has 4 heteroatoms. The molecule has 1 heterocycles. The number of nitrogens with two attached hydrogens (primary N) is 1. The molecule has 4 nitrogen and oxygen atoms in total. The molecule has 0 fully saturated rings. The van der Waals surface area contributed by atoms with Crippen molar-refractivity contribution in [3.05, 3.63) is 29.3 Å². The summed E-state index contributed by atoms with van der Waals surface area (Å²) >= 11 is 0. The van der Waals surface area contributed by atoms with Crippen molar-refractivity contribution < 1.29 is 9.90 Å². The van der Waals surface area contributed by atoms with Gasteiger partial charge in [0, 0.05) is 13.1 Å². The molecule has 1 aliphatic heterocycles. The number of hydrogen-bond acceptors (Lipinski definition) is 3. The summed E-state index contributed by atoms with van der Waals surface area (Å²) in [6.07, 6.45) is 1.76. The molecule has 0 atom stereocenters. The average Bonchev–Trinajstić information content (AvgIpc) is 2.40. The van der Waals surface area contributed by atoms with Gasteiger partial charge in [-0.05, 0) is 36.1 Å². The van der Waals surface area contributed by atoms with E-state index in [1.807, 2.05) is 12.1 Å². The van der Waals surface area contributed by atoms with E-state index in [9.17, 15) is 9.90 Å². The lowest BCUT2D eigenvalue weighted by atomic mass is 10.0. The standard InChI is InChI=1S/C12H16N2O2/c13-12(16)8-14-5-3-9-1-2-11(15)7-10(9)4-6-14/h1-2,7,15H,3-6,8H2,(H2,13,16). The van der Waals surface area contributed by atoms with Gasteiger partial charge in [-0.1, -0.05) is 6.07 Å². The first kappa shape index (κ1) is 11.0. The van der Waals surface area contributed by atoms with Crippen LogP contribution in [0.4, 0.5) is 0 Å². The zero-order valence-electron chi connectivity index (χ0n) is 9.15. The van der Waals surface area contributed by atoms with Crippen LogP contribution >= 0.6 is 0 Å². The molecule has 0 saturated carbocycles. The average molecular weight is 220 g/mol. The maximum absolute atomic E-state index is 10.8. The van der Waals surface area contributed by atoms with Gasteiger partial charge in [-0.3, -0.25) is 9.69 Å². The Kier molecular flexibility index (Phi) is 3.10. The molecule has 86 valence electrons. The van der Waals surface area contributed by atoms with Crippen LogP contribution in [0.3, 0.4) is 0 Å². The van der Waals surface area contributed by atoms with Crippen LogP contribution in [0, 0.1) is 0 Å². The van der Waals surface area contributed by atoms with E-state index in [2.05, 4.69) is 4.90 Å². The number of rotatable bonds is 2. The highest BCUT2D eigenvalue weighted by Crippen LogP contribution is 2.20. The van der Waals surface area contributed by atoms with E-state index in [1.165, 1.54) is 11.1 Å². The van der Waals surface area contributed by atoms with E-state index < -0.39 is 0 Å². The van der Waals surface area contributed by atoms with E-state index >= 15 is 0 Å². The molecule has 1 aromatic carbocycles. The Balaban J connectivity index is 2.09. The smallest absolute Gasteiger partial charge is 0.231 e. The van der Waals surface area contributed by atoms with Crippen molar-refractivity contribution in [1.82, 2.24) is 4.90 Å². The lowest BCUT2D eigenvalue weighted by Gasteiger charge is -2.16. The molecule has 1 aliphatic rings. The van der Waals surface area contributed by atoms with Gasteiger partial charge in [-0.15, -0.1) is 0 Å². The van der Waals surface area contributed by atoms with Gasteiger partial charge in [-0.25, -0.2) is 0 Å². The Bertz CT molecular complexity index is 404. The SMILES string of the molecule is NC(=O)CN1CCc2ccc(O)cc2CC1. The molecule has 2 rings (SSSR count). The second-order valence-corrected chi connectivity index (χ2v) is 4.20. The molecule has 1 aromatic rings. The van der Waals surface area contributed by atoms with Crippen molar-refractivity contribution in [3.8, 4) is 5.75 Å². The maximum Gasteiger partial charge on any atom is 0.231 e. The van der Waals surface area contributed by atoms with Gasteiger partial charge in [0.2, 0.25) is 5.91 Å². The van der Waals surface area contributed by atoms with Crippen LogP contribution in [0.1, 0.15) is 11.1 Å². The minimum absolute atomic E-state index is 0.284. The molecule has 0 aromatic heterocycles. The third-order valence-electron chi connectivity index (χ3n) is 2.96. The van der Waals surface area contributed by atoms with Crippen molar-refractivity contribution in [2.24, 2.45) is 5.73 Å². The third-order valence-corrected chi connectivity index (χ3v) is 2.96. The molecular weight excluding hydrogens is 204 g/mol. The number of fused-ring (bicyclic) bond motifs is 1. The minimum Gasteiger partial charge on any atom is -0.508 e. The largest absolute Gasteiger partial charge is 0.508 e.